The molecule has 0 aliphatic carbocycles. The monoisotopic (exact) mass is 302 g/mol. The number of aliphatic carboxylic acids is 1. The van der Waals surface area contributed by atoms with Crippen LogP contribution in [0.4, 0.5) is 0 Å². The summed E-state index contributed by atoms with van der Waals surface area (Å²) < 4.78 is 0. The van der Waals surface area contributed by atoms with E-state index in [-0.39, 0.29) is 0 Å². The number of rotatable bonds is 5. The Kier molecular flexibility index (Phi) is 4.53. The molecule has 0 aliphatic rings. The highest BCUT2D eigenvalue weighted by Gasteiger charge is 2.20. The lowest BCUT2D eigenvalue weighted by atomic mass is 9.91. The number of carboxylic acid groups (broad SMARTS) is 1. The minimum atomic E-state index is -0.790. The van der Waals surface area contributed by atoms with Gasteiger partial charge in [-0.25, -0.2) is 0 Å². The molecule has 1 atom stereocenters. The second-order valence-electron chi connectivity index (χ2n) is 5.57. The summed E-state index contributed by atoms with van der Waals surface area (Å²) in [6, 6.07) is 27.6. The van der Waals surface area contributed by atoms with Gasteiger partial charge in [0.05, 0.1) is 5.92 Å². The Morgan fingerprint density at radius 2 is 1.39 bits per heavy atom. The van der Waals surface area contributed by atoms with E-state index in [1.54, 1.807) is 0 Å². The van der Waals surface area contributed by atoms with Crippen molar-refractivity contribution < 1.29 is 9.90 Å². The Hall–Kier alpha value is -2.87. The van der Waals surface area contributed by atoms with Gasteiger partial charge in [0, 0.05) is 0 Å². The molecule has 0 aliphatic heterocycles. The van der Waals surface area contributed by atoms with Crippen molar-refractivity contribution in [2.75, 3.05) is 0 Å². The maximum Gasteiger partial charge on any atom is 0.311 e. The van der Waals surface area contributed by atoms with Gasteiger partial charge < -0.3 is 5.11 Å². The van der Waals surface area contributed by atoms with Crippen LogP contribution in [0.2, 0.25) is 0 Å². The van der Waals surface area contributed by atoms with Crippen LogP contribution in [-0.2, 0) is 11.2 Å². The van der Waals surface area contributed by atoms with Crippen molar-refractivity contribution in [2.24, 2.45) is 0 Å². The van der Waals surface area contributed by atoms with Crippen molar-refractivity contribution in [3.05, 3.63) is 96.1 Å². The SMILES string of the molecule is O=C(O)C(Cc1cccc(-c2ccccc2)c1)c1ccccc1. The molecule has 0 radical (unpaired) electrons. The molecule has 1 unspecified atom stereocenters. The van der Waals surface area contributed by atoms with Gasteiger partial charge in [0.1, 0.15) is 0 Å². The Morgan fingerprint density at radius 3 is 2.04 bits per heavy atom. The van der Waals surface area contributed by atoms with Gasteiger partial charge in [-0.1, -0.05) is 84.9 Å². The van der Waals surface area contributed by atoms with Crippen LogP contribution in [0.15, 0.2) is 84.9 Å². The normalized spacial score (nSPS) is 11.8. The predicted molar refractivity (Wildman–Crippen MR) is 92.4 cm³/mol. The zero-order chi connectivity index (χ0) is 16.1. The largest absolute Gasteiger partial charge is 0.481 e. The zero-order valence-corrected chi connectivity index (χ0v) is 12.7. The molecule has 1 N–H and O–H groups in total. The van der Waals surface area contributed by atoms with Gasteiger partial charge in [-0.3, -0.25) is 4.79 Å². The Balaban J connectivity index is 1.88. The van der Waals surface area contributed by atoms with Crippen LogP contribution in [0.3, 0.4) is 0 Å². The maximum absolute atomic E-state index is 11.7. The minimum absolute atomic E-state index is 0.486. The molecular formula is C21H18O2. The van der Waals surface area contributed by atoms with Gasteiger partial charge in [0.25, 0.3) is 0 Å². The predicted octanol–water partition coefficient (Wildman–Crippen LogP) is 4.76. The molecular weight excluding hydrogens is 284 g/mol. The summed E-state index contributed by atoms with van der Waals surface area (Å²) in [6.45, 7) is 0. The van der Waals surface area contributed by atoms with Crippen LogP contribution in [0.25, 0.3) is 11.1 Å². The average Bonchev–Trinajstić information content (AvgIpc) is 2.61. The van der Waals surface area contributed by atoms with Crippen molar-refractivity contribution in [3.63, 3.8) is 0 Å². The lowest BCUT2D eigenvalue weighted by molar-refractivity contribution is -0.138. The van der Waals surface area contributed by atoms with Crippen molar-refractivity contribution in [3.8, 4) is 11.1 Å². The fourth-order valence-electron chi connectivity index (χ4n) is 2.78. The maximum atomic E-state index is 11.7. The summed E-state index contributed by atoms with van der Waals surface area (Å²) in [6.07, 6.45) is 0.486. The third-order valence-corrected chi connectivity index (χ3v) is 3.97. The molecule has 3 rings (SSSR count). The topological polar surface area (TPSA) is 37.3 Å². The Bertz CT molecular complexity index is 779. The molecule has 2 heteroatoms. The first-order valence-electron chi connectivity index (χ1n) is 7.66. The molecule has 0 fully saturated rings. The molecule has 23 heavy (non-hydrogen) atoms. The number of carboxylic acids is 1. The second-order valence-corrected chi connectivity index (χ2v) is 5.57. The van der Waals surface area contributed by atoms with Gasteiger partial charge in [0.15, 0.2) is 0 Å². The molecule has 0 bridgehead atoms. The molecule has 2 nitrogen and oxygen atoms in total. The highest BCUT2D eigenvalue weighted by atomic mass is 16.4. The molecule has 114 valence electrons. The number of hydrogen-bond acceptors (Lipinski definition) is 1. The Morgan fingerprint density at radius 1 is 0.783 bits per heavy atom. The standard InChI is InChI=1S/C21H18O2/c22-21(23)20(18-11-5-2-6-12-18)15-16-8-7-13-19(14-16)17-9-3-1-4-10-17/h1-14,20H,15H2,(H,22,23). The first-order valence-corrected chi connectivity index (χ1v) is 7.66. The zero-order valence-electron chi connectivity index (χ0n) is 12.7. The van der Waals surface area contributed by atoms with E-state index >= 15 is 0 Å². The van der Waals surface area contributed by atoms with E-state index in [9.17, 15) is 9.90 Å². The highest BCUT2D eigenvalue weighted by molar-refractivity contribution is 5.76. The van der Waals surface area contributed by atoms with E-state index in [1.165, 1.54) is 0 Å². The fraction of sp³-hybridized carbons (Fsp3) is 0.0952. The number of hydrogen-bond donors (Lipinski definition) is 1. The lowest BCUT2D eigenvalue weighted by Gasteiger charge is -2.13. The first-order chi connectivity index (χ1) is 11.2. The van der Waals surface area contributed by atoms with Crippen molar-refractivity contribution in [1.82, 2.24) is 0 Å². The molecule has 0 aromatic heterocycles. The lowest BCUT2D eigenvalue weighted by Crippen LogP contribution is -2.14. The third kappa shape index (κ3) is 3.67. The molecule has 0 saturated heterocycles. The molecule has 0 saturated carbocycles. The quantitative estimate of drug-likeness (QED) is 0.737. The van der Waals surface area contributed by atoms with E-state index in [1.807, 2.05) is 60.7 Å². The smallest absolute Gasteiger partial charge is 0.311 e. The molecule has 0 heterocycles. The van der Waals surface area contributed by atoms with Crippen LogP contribution < -0.4 is 0 Å². The van der Waals surface area contributed by atoms with E-state index < -0.39 is 11.9 Å². The van der Waals surface area contributed by atoms with Crippen LogP contribution in [0.5, 0.6) is 0 Å². The van der Waals surface area contributed by atoms with Gasteiger partial charge in [-0.15, -0.1) is 0 Å². The summed E-state index contributed by atoms with van der Waals surface area (Å²) in [7, 11) is 0. The summed E-state index contributed by atoms with van der Waals surface area (Å²) in [4.78, 5) is 11.7. The average molecular weight is 302 g/mol. The molecule has 0 spiro atoms. The fourth-order valence-corrected chi connectivity index (χ4v) is 2.78. The van der Waals surface area contributed by atoms with Gasteiger partial charge in [0.2, 0.25) is 0 Å². The second kappa shape index (κ2) is 6.93. The van der Waals surface area contributed by atoms with Crippen molar-refractivity contribution in [1.29, 1.82) is 0 Å². The third-order valence-electron chi connectivity index (χ3n) is 3.97. The van der Waals surface area contributed by atoms with Crippen LogP contribution in [-0.4, -0.2) is 11.1 Å². The van der Waals surface area contributed by atoms with Crippen LogP contribution >= 0.6 is 0 Å². The van der Waals surface area contributed by atoms with Crippen LogP contribution in [0, 0.1) is 0 Å². The summed E-state index contributed by atoms with van der Waals surface area (Å²) >= 11 is 0. The van der Waals surface area contributed by atoms with Gasteiger partial charge in [-0.2, -0.15) is 0 Å². The Labute approximate surface area is 136 Å². The van der Waals surface area contributed by atoms with Crippen LogP contribution in [0.1, 0.15) is 17.0 Å². The van der Waals surface area contributed by atoms with E-state index in [0.29, 0.717) is 6.42 Å². The van der Waals surface area contributed by atoms with Gasteiger partial charge in [-0.05, 0) is 28.7 Å². The van der Waals surface area contributed by atoms with Gasteiger partial charge >= 0.3 is 5.97 Å². The summed E-state index contributed by atoms with van der Waals surface area (Å²) in [5.41, 5.74) is 4.12. The summed E-state index contributed by atoms with van der Waals surface area (Å²) in [5.74, 6) is -1.32. The van der Waals surface area contributed by atoms with E-state index in [4.69, 9.17) is 0 Å². The molecule has 3 aromatic carbocycles. The minimum Gasteiger partial charge on any atom is -0.481 e. The van der Waals surface area contributed by atoms with Crippen molar-refractivity contribution in [2.45, 2.75) is 12.3 Å². The number of benzene rings is 3. The van der Waals surface area contributed by atoms with E-state index in [2.05, 4.69) is 24.3 Å². The molecule has 3 aromatic rings. The summed E-state index contributed by atoms with van der Waals surface area (Å²) in [5, 5.41) is 9.57. The first kappa shape index (κ1) is 15.0. The highest BCUT2D eigenvalue weighted by Crippen LogP contribution is 2.25. The van der Waals surface area contributed by atoms with Crippen molar-refractivity contribution >= 4 is 5.97 Å². The van der Waals surface area contributed by atoms with E-state index in [0.717, 1.165) is 22.3 Å². The number of carbonyl (C=O) groups is 1. The molecule has 0 amide bonds.